The van der Waals surface area contributed by atoms with E-state index in [1.54, 1.807) is 6.20 Å². The molecule has 0 bridgehead atoms. The molecule has 1 aromatic rings. The van der Waals surface area contributed by atoms with Crippen LogP contribution in [-0.4, -0.2) is 52.7 Å². The molecule has 0 spiro atoms. The van der Waals surface area contributed by atoms with Crippen molar-refractivity contribution in [3.8, 4) is 0 Å². The van der Waals surface area contributed by atoms with Crippen LogP contribution in [0.2, 0.25) is 0 Å². The Bertz CT molecular complexity index is 523. The van der Waals surface area contributed by atoms with Crippen molar-refractivity contribution < 1.29 is 4.79 Å². The molecule has 0 aliphatic carbocycles. The molecule has 1 unspecified atom stereocenters. The van der Waals surface area contributed by atoms with Crippen LogP contribution in [0.4, 0.5) is 0 Å². The maximum absolute atomic E-state index is 12.3. The molecule has 1 atom stereocenters. The van der Waals surface area contributed by atoms with E-state index in [0.29, 0.717) is 18.2 Å². The summed E-state index contributed by atoms with van der Waals surface area (Å²) in [7, 11) is 0. The summed E-state index contributed by atoms with van der Waals surface area (Å²) in [5.74, 6) is -0.0544. The summed E-state index contributed by atoms with van der Waals surface area (Å²) in [6, 6.07) is 0.679. The van der Waals surface area contributed by atoms with Gasteiger partial charge < -0.3 is 10.2 Å². The number of amides is 1. The highest BCUT2D eigenvalue weighted by molar-refractivity contribution is 7.98. The Morgan fingerprint density at radius 1 is 1.48 bits per heavy atom. The van der Waals surface area contributed by atoms with Gasteiger partial charge in [0.05, 0.1) is 11.3 Å². The van der Waals surface area contributed by atoms with Crippen LogP contribution < -0.4 is 5.32 Å². The molecular weight excluding hydrogens is 308 g/mol. The molecule has 1 N–H and O–H groups in total. The van der Waals surface area contributed by atoms with Crippen molar-refractivity contribution in [1.29, 1.82) is 0 Å². The van der Waals surface area contributed by atoms with Gasteiger partial charge in [0.2, 0.25) is 0 Å². The molecule has 23 heavy (non-hydrogen) atoms. The number of aryl methyl sites for hydroxylation is 1. The predicted octanol–water partition coefficient (Wildman–Crippen LogP) is 2.76. The molecular formula is C17H28N4OS. The van der Waals surface area contributed by atoms with Crippen molar-refractivity contribution in [2.24, 2.45) is 0 Å². The van der Waals surface area contributed by atoms with Crippen molar-refractivity contribution in [2.45, 2.75) is 57.1 Å². The second-order valence-electron chi connectivity index (χ2n) is 6.06. The first-order valence-electron chi connectivity index (χ1n) is 8.57. The monoisotopic (exact) mass is 336 g/mol. The van der Waals surface area contributed by atoms with E-state index in [1.165, 1.54) is 37.6 Å². The number of hydrogen-bond acceptors (Lipinski definition) is 5. The second kappa shape index (κ2) is 9.23. The van der Waals surface area contributed by atoms with E-state index >= 15 is 0 Å². The van der Waals surface area contributed by atoms with E-state index in [4.69, 9.17) is 0 Å². The van der Waals surface area contributed by atoms with Gasteiger partial charge in [-0.15, -0.1) is 0 Å². The molecule has 2 heterocycles. The Kier molecular flexibility index (Phi) is 7.30. The fraction of sp³-hybridized carbons (Fsp3) is 0.706. The van der Waals surface area contributed by atoms with E-state index in [2.05, 4.69) is 27.1 Å². The van der Waals surface area contributed by atoms with Gasteiger partial charge in [-0.2, -0.15) is 0 Å². The molecule has 0 saturated carbocycles. The molecule has 1 aliphatic rings. The van der Waals surface area contributed by atoms with E-state index in [-0.39, 0.29) is 5.91 Å². The molecule has 5 nitrogen and oxygen atoms in total. The maximum atomic E-state index is 12.3. The SMILES string of the molecule is CCc1nc(SC)ncc1C(=O)NCCCN1CCCCC1C. The number of nitrogens with zero attached hydrogens (tertiary/aromatic N) is 3. The molecule has 0 radical (unpaired) electrons. The zero-order valence-electron chi connectivity index (χ0n) is 14.5. The van der Waals surface area contributed by atoms with Gasteiger partial charge in [-0.3, -0.25) is 4.79 Å². The third-order valence-corrected chi connectivity index (χ3v) is 5.02. The molecule has 1 aromatic heterocycles. The highest BCUT2D eigenvalue weighted by Crippen LogP contribution is 2.16. The molecule has 1 fully saturated rings. The number of likely N-dealkylation sites (tertiary alicyclic amines) is 1. The van der Waals surface area contributed by atoms with Crippen LogP contribution >= 0.6 is 11.8 Å². The van der Waals surface area contributed by atoms with Crippen LogP contribution in [-0.2, 0) is 6.42 Å². The van der Waals surface area contributed by atoms with Crippen molar-refractivity contribution in [3.63, 3.8) is 0 Å². The predicted molar refractivity (Wildman–Crippen MR) is 95.0 cm³/mol. The first kappa shape index (κ1) is 18.2. The summed E-state index contributed by atoms with van der Waals surface area (Å²) in [5, 5.41) is 3.73. The zero-order chi connectivity index (χ0) is 16.7. The zero-order valence-corrected chi connectivity index (χ0v) is 15.3. The van der Waals surface area contributed by atoms with Crippen LogP contribution in [0.15, 0.2) is 11.4 Å². The molecule has 1 aliphatic heterocycles. The van der Waals surface area contributed by atoms with Gasteiger partial charge in [-0.1, -0.05) is 25.1 Å². The third-order valence-electron chi connectivity index (χ3n) is 4.46. The Hall–Kier alpha value is -1.14. The molecule has 6 heteroatoms. The van der Waals surface area contributed by atoms with Crippen LogP contribution in [0, 0.1) is 0 Å². The highest BCUT2D eigenvalue weighted by atomic mass is 32.2. The lowest BCUT2D eigenvalue weighted by atomic mass is 10.0. The number of hydrogen-bond donors (Lipinski definition) is 1. The average Bonchev–Trinajstić information content (AvgIpc) is 2.59. The minimum absolute atomic E-state index is 0.0544. The number of carbonyl (C=O) groups excluding carboxylic acids is 1. The smallest absolute Gasteiger partial charge is 0.254 e. The number of aromatic nitrogens is 2. The number of carbonyl (C=O) groups is 1. The summed E-state index contributed by atoms with van der Waals surface area (Å²) in [5.41, 5.74) is 1.43. The van der Waals surface area contributed by atoms with Crippen molar-refractivity contribution >= 4 is 17.7 Å². The lowest BCUT2D eigenvalue weighted by Gasteiger charge is -2.33. The van der Waals surface area contributed by atoms with Gasteiger partial charge in [-0.25, -0.2) is 9.97 Å². The lowest BCUT2D eigenvalue weighted by Crippen LogP contribution is -2.39. The fourth-order valence-corrected chi connectivity index (χ4v) is 3.39. The topological polar surface area (TPSA) is 58.1 Å². The van der Waals surface area contributed by atoms with Crippen LogP contribution in [0.5, 0.6) is 0 Å². The molecule has 128 valence electrons. The number of rotatable bonds is 7. The summed E-state index contributed by atoms with van der Waals surface area (Å²) < 4.78 is 0. The second-order valence-corrected chi connectivity index (χ2v) is 6.83. The first-order chi connectivity index (χ1) is 11.2. The van der Waals surface area contributed by atoms with E-state index in [1.807, 2.05) is 13.2 Å². The minimum Gasteiger partial charge on any atom is -0.352 e. The average molecular weight is 337 g/mol. The van der Waals surface area contributed by atoms with Crippen LogP contribution in [0.3, 0.4) is 0 Å². The van der Waals surface area contributed by atoms with E-state index in [9.17, 15) is 4.79 Å². The Morgan fingerprint density at radius 2 is 2.30 bits per heavy atom. The van der Waals surface area contributed by atoms with E-state index < -0.39 is 0 Å². The summed E-state index contributed by atoms with van der Waals surface area (Å²) in [4.78, 5) is 23.5. The van der Waals surface area contributed by atoms with Gasteiger partial charge in [0.15, 0.2) is 5.16 Å². The Balaban J connectivity index is 1.80. The van der Waals surface area contributed by atoms with Crippen molar-refractivity contribution in [2.75, 3.05) is 25.9 Å². The van der Waals surface area contributed by atoms with Crippen molar-refractivity contribution in [1.82, 2.24) is 20.2 Å². The normalized spacial score (nSPS) is 18.8. The van der Waals surface area contributed by atoms with Gasteiger partial charge >= 0.3 is 0 Å². The number of nitrogens with one attached hydrogen (secondary N) is 1. The summed E-state index contributed by atoms with van der Waals surface area (Å²) in [6.07, 6.45) is 9.27. The molecule has 2 rings (SSSR count). The highest BCUT2D eigenvalue weighted by Gasteiger charge is 2.17. The summed E-state index contributed by atoms with van der Waals surface area (Å²) in [6.45, 7) is 7.27. The Labute approximate surface area is 143 Å². The third kappa shape index (κ3) is 5.18. The van der Waals surface area contributed by atoms with Gasteiger partial charge in [-0.05, 0) is 45.4 Å². The first-order valence-corrected chi connectivity index (χ1v) is 9.80. The van der Waals surface area contributed by atoms with Gasteiger partial charge in [0.1, 0.15) is 0 Å². The lowest BCUT2D eigenvalue weighted by molar-refractivity contribution is 0.0947. The quantitative estimate of drug-likeness (QED) is 0.471. The van der Waals surface area contributed by atoms with Gasteiger partial charge in [0.25, 0.3) is 5.91 Å². The fourth-order valence-electron chi connectivity index (χ4n) is 3.03. The molecule has 1 saturated heterocycles. The standard InChI is InChI=1S/C17H28N4OS/c1-4-15-14(12-19-17(20-15)23-3)16(22)18-9-7-11-21-10-6-5-8-13(21)2/h12-13H,4-11H2,1-3H3,(H,18,22). The Morgan fingerprint density at radius 3 is 3.00 bits per heavy atom. The largest absolute Gasteiger partial charge is 0.352 e. The van der Waals surface area contributed by atoms with Crippen LogP contribution in [0.25, 0.3) is 0 Å². The maximum Gasteiger partial charge on any atom is 0.254 e. The minimum atomic E-state index is -0.0544. The van der Waals surface area contributed by atoms with Gasteiger partial charge in [0, 0.05) is 25.3 Å². The molecule has 0 aromatic carbocycles. The summed E-state index contributed by atoms with van der Waals surface area (Å²) >= 11 is 1.50. The molecule has 1 amide bonds. The number of thioether (sulfide) groups is 1. The van der Waals surface area contributed by atoms with Crippen molar-refractivity contribution in [3.05, 3.63) is 17.5 Å². The van der Waals surface area contributed by atoms with E-state index in [0.717, 1.165) is 30.2 Å². The van der Waals surface area contributed by atoms with Crippen LogP contribution in [0.1, 0.15) is 55.6 Å². The number of piperidine rings is 1.